The molecule has 0 heterocycles. The van der Waals surface area contributed by atoms with Crippen LogP contribution in [-0.2, 0) is 5.41 Å². The van der Waals surface area contributed by atoms with Gasteiger partial charge in [0.15, 0.2) is 0 Å². The number of nitrogens with zero attached hydrogens (tertiary/aromatic N) is 1. The number of rotatable bonds is 8. The molecular formula is C18H32N2O. The molecule has 120 valence electrons. The van der Waals surface area contributed by atoms with Gasteiger partial charge in [-0.2, -0.15) is 0 Å². The number of benzene rings is 1. The van der Waals surface area contributed by atoms with Crippen molar-refractivity contribution in [1.29, 1.82) is 0 Å². The van der Waals surface area contributed by atoms with Crippen molar-refractivity contribution in [2.75, 3.05) is 26.2 Å². The maximum Gasteiger partial charge on any atom is 0.131 e. The molecule has 0 amide bonds. The van der Waals surface area contributed by atoms with Crippen LogP contribution in [0.1, 0.15) is 58.4 Å². The Morgan fingerprint density at radius 3 is 2.33 bits per heavy atom. The first-order valence-corrected chi connectivity index (χ1v) is 8.13. The molecule has 0 fully saturated rings. The summed E-state index contributed by atoms with van der Waals surface area (Å²) >= 11 is 0. The average molecular weight is 292 g/mol. The fourth-order valence-corrected chi connectivity index (χ4v) is 2.61. The van der Waals surface area contributed by atoms with Crippen LogP contribution in [0.4, 0.5) is 0 Å². The van der Waals surface area contributed by atoms with Crippen LogP contribution in [0.2, 0.25) is 0 Å². The molecule has 0 aliphatic heterocycles. The molecule has 0 saturated heterocycles. The Balaban J connectivity index is 2.55. The van der Waals surface area contributed by atoms with E-state index in [0.717, 1.165) is 38.2 Å². The van der Waals surface area contributed by atoms with Crippen LogP contribution in [0.5, 0.6) is 0 Å². The molecule has 3 heteroatoms. The summed E-state index contributed by atoms with van der Waals surface area (Å²) in [6, 6.07) is 8.15. The minimum Gasteiger partial charge on any atom is -0.374 e. The van der Waals surface area contributed by atoms with E-state index in [0.29, 0.717) is 0 Å². The lowest BCUT2D eigenvalue weighted by molar-refractivity contribution is 0.135. The molecule has 3 nitrogen and oxygen atoms in total. The monoisotopic (exact) mass is 292 g/mol. The summed E-state index contributed by atoms with van der Waals surface area (Å²) in [7, 11) is 0. The second kappa shape index (κ2) is 8.52. The van der Waals surface area contributed by atoms with Crippen LogP contribution in [0.15, 0.2) is 24.3 Å². The maximum atomic E-state index is 10.4. The fraction of sp³-hybridized carbons (Fsp3) is 0.667. The average Bonchev–Trinajstić information content (AvgIpc) is 2.46. The molecule has 0 aromatic heterocycles. The second-order valence-electron chi connectivity index (χ2n) is 6.57. The molecule has 2 N–H and O–H groups in total. The first-order chi connectivity index (χ1) is 9.90. The topological polar surface area (TPSA) is 35.5 Å². The molecule has 0 spiro atoms. The Labute approximate surface area is 130 Å². The predicted octanol–water partition coefficient (Wildman–Crippen LogP) is 3.30. The molecule has 1 rings (SSSR count). The highest BCUT2D eigenvalue weighted by Crippen LogP contribution is 2.28. The van der Waals surface area contributed by atoms with Crippen molar-refractivity contribution in [2.24, 2.45) is 0 Å². The van der Waals surface area contributed by atoms with Crippen LogP contribution in [0.3, 0.4) is 0 Å². The number of aliphatic hydroxyl groups is 1. The maximum absolute atomic E-state index is 10.4. The summed E-state index contributed by atoms with van der Waals surface area (Å²) in [6.45, 7) is 15.0. The van der Waals surface area contributed by atoms with Gasteiger partial charge in [0.1, 0.15) is 6.23 Å². The minimum absolute atomic E-state index is 0.0421. The summed E-state index contributed by atoms with van der Waals surface area (Å²) in [5.74, 6) is 0. The molecule has 1 aromatic rings. The van der Waals surface area contributed by atoms with Crippen LogP contribution in [0.25, 0.3) is 0 Å². The van der Waals surface area contributed by atoms with E-state index in [1.165, 1.54) is 5.56 Å². The van der Waals surface area contributed by atoms with Gasteiger partial charge in [0.2, 0.25) is 0 Å². The van der Waals surface area contributed by atoms with E-state index in [4.69, 9.17) is 0 Å². The van der Waals surface area contributed by atoms with Crippen LogP contribution in [-0.4, -0.2) is 36.2 Å². The zero-order valence-corrected chi connectivity index (χ0v) is 14.3. The molecule has 0 aliphatic rings. The van der Waals surface area contributed by atoms with Crippen molar-refractivity contribution in [3.8, 4) is 0 Å². The van der Waals surface area contributed by atoms with E-state index in [1.54, 1.807) is 0 Å². The van der Waals surface area contributed by atoms with E-state index in [9.17, 15) is 5.11 Å². The molecule has 1 unspecified atom stereocenters. The molecule has 21 heavy (non-hydrogen) atoms. The molecule has 0 radical (unpaired) electrons. The number of hydrogen-bond donors (Lipinski definition) is 2. The smallest absolute Gasteiger partial charge is 0.131 e. The van der Waals surface area contributed by atoms with Gasteiger partial charge in [-0.15, -0.1) is 0 Å². The van der Waals surface area contributed by atoms with Gasteiger partial charge >= 0.3 is 0 Å². The first-order valence-electron chi connectivity index (χ1n) is 8.13. The predicted molar refractivity (Wildman–Crippen MR) is 90.5 cm³/mol. The zero-order chi connectivity index (χ0) is 15.9. The summed E-state index contributed by atoms with van der Waals surface area (Å²) in [4.78, 5) is 2.40. The van der Waals surface area contributed by atoms with Gasteiger partial charge in [-0.25, -0.2) is 0 Å². The van der Waals surface area contributed by atoms with Gasteiger partial charge in [-0.3, -0.25) is 5.32 Å². The normalized spacial score (nSPS) is 13.7. The summed E-state index contributed by atoms with van der Waals surface area (Å²) < 4.78 is 0. The van der Waals surface area contributed by atoms with Gasteiger partial charge in [0.05, 0.1) is 0 Å². The highest BCUT2D eigenvalue weighted by molar-refractivity contribution is 5.34. The van der Waals surface area contributed by atoms with Crippen LogP contribution < -0.4 is 5.32 Å². The van der Waals surface area contributed by atoms with Crippen molar-refractivity contribution < 1.29 is 5.11 Å². The van der Waals surface area contributed by atoms with Gasteiger partial charge in [0.25, 0.3) is 0 Å². The third kappa shape index (κ3) is 5.77. The summed E-state index contributed by atoms with van der Waals surface area (Å²) in [5, 5.41) is 13.7. The number of aliphatic hydroxyl groups excluding tert-OH is 1. The zero-order valence-electron chi connectivity index (χ0n) is 14.3. The van der Waals surface area contributed by atoms with Crippen LogP contribution in [0, 0.1) is 0 Å². The Kier molecular flexibility index (Phi) is 7.36. The van der Waals surface area contributed by atoms with E-state index in [2.05, 4.69) is 50.9 Å². The van der Waals surface area contributed by atoms with Gasteiger partial charge in [-0.05, 0) is 49.1 Å². The van der Waals surface area contributed by atoms with Crippen molar-refractivity contribution in [1.82, 2.24) is 10.2 Å². The summed E-state index contributed by atoms with van der Waals surface area (Å²) in [6.07, 6.45) is 0.466. The quantitative estimate of drug-likeness (QED) is 0.570. The van der Waals surface area contributed by atoms with Gasteiger partial charge < -0.3 is 10.0 Å². The van der Waals surface area contributed by atoms with E-state index >= 15 is 0 Å². The molecule has 0 aliphatic carbocycles. The van der Waals surface area contributed by atoms with Crippen molar-refractivity contribution in [3.63, 3.8) is 0 Å². The van der Waals surface area contributed by atoms with Crippen molar-refractivity contribution in [2.45, 2.75) is 52.7 Å². The Morgan fingerprint density at radius 2 is 1.76 bits per heavy atom. The first kappa shape index (κ1) is 18.1. The Bertz CT molecular complexity index is 408. The van der Waals surface area contributed by atoms with Gasteiger partial charge in [0, 0.05) is 0 Å². The van der Waals surface area contributed by atoms with E-state index in [1.807, 2.05) is 18.2 Å². The highest BCUT2D eigenvalue weighted by atomic mass is 16.3. The van der Waals surface area contributed by atoms with Crippen molar-refractivity contribution >= 4 is 0 Å². The standard InChI is InChI=1S/C18H32N2O/c1-6-20(7-2)14-10-13-19-17(21)15-11-8-9-12-16(15)18(3,4)5/h8-9,11-12,17,19,21H,6-7,10,13-14H2,1-5H3. The Hall–Kier alpha value is -0.900. The number of hydrogen-bond acceptors (Lipinski definition) is 3. The van der Waals surface area contributed by atoms with E-state index < -0.39 is 6.23 Å². The Morgan fingerprint density at radius 1 is 1.14 bits per heavy atom. The minimum atomic E-state index is -0.586. The lowest BCUT2D eigenvalue weighted by Crippen LogP contribution is -2.29. The molecule has 1 atom stereocenters. The third-order valence-electron chi connectivity index (χ3n) is 3.95. The molecular weight excluding hydrogens is 260 g/mol. The number of nitrogens with one attached hydrogen (secondary N) is 1. The highest BCUT2D eigenvalue weighted by Gasteiger charge is 2.20. The van der Waals surface area contributed by atoms with Gasteiger partial charge in [-0.1, -0.05) is 58.9 Å². The van der Waals surface area contributed by atoms with Crippen LogP contribution >= 0.6 is 0 Å². The molecule has 0 saturated carbocycles. The van der Waals surface area contributed by atoms with E-state index in [-0.39, 0.29) is 5.41 Å². The lowest BCUT2D eigenvalue weighted by atomic mass is 9.83. The summed E-state index contributed by atoms with van der Waals surface area (Å²) in [5.41, 5.74) is 2.24. The lowest BCUT2D eigenvalue weighted by Gasteiger charge is -2.26. The SMILES string of the molecule is CCN(CC)CCCNC(O)c1ccccc1C(C)(C)C. The molecule has 1 aromatic carbocycles. The second-order valence-corrected chi connectivity index (χ2v) is 6.57. The molecule has 0 bridgehead atoms. The van der Waals surface area contributed by atoms with Crippen molar-refractivity contribution in [3.05, 3.63) is 35.4 Å². The largest absolute Gasteiger partial charge is 0.374 e. The third-order valence-corrected chi connectivity index (χ3v) is 3.95. The fourth-order valence-electron chi connectivity index (χ4n) is 2.61.